The quantitative estimate of drug-likeness (QED) is 0.626. The van der Waals surface area contributed by atoms with Gasteiger partial charge in [0.15, 0.2) is 0 Å². The van der Waals surface area contributed by atoms with Crippen LogP contribution in [0.2, 0.25) is 0 Å². The second-order valence-electron chi connectivity index (χ2n) is 7.46. The third kappa shape index (κ3) is 7.58. The van der Waals surface area contributed by atoms with Crippen molar-refractivity contribution in [1.82, 2.24) is 10.2 Å². The van der Waals surface area contributed by atoms with Crippen molar-refractivity contribution in [3.63, 3.8) is 0 Å². The predicted octanol–water partition coefficient (Wildman–Crippen LogP) is 4.48. The van der Waals surface area contributed by atoms with Crippen molar-refractivity contribution >= 4 is 23.6 Å². The molecule has 2 aromatic rings. The largest absolute Gasteiger partial charge is 0.354 e. The van der Waals surface area contributed by atoms with Gasteiger partial charge in [-0.05, 0) is 38.3 Å². The first kappa shape index (κ1) is 23.0. The first-order valence-electron chi connectivity index (χ1n) is 10.2. The Labute approximate surface area is 179 Å². The fourth-order valence-electron chi connectivity index (χ4n) is 3.01. The molecule has 4 nitrogen and oxygen atoms in total. The van der Waals surface area contributed by atoms with E-state index in [0.717, 1.165) is 17.7 Å². The molecule has 2 amide bonds. The lowest BCUT2D eigenvalue weighted by Crippen LogP contribution is -2.48. The summed E-state index contributed by atoms with van der Waals surface area (Å²) >= 11 is 1.59. The SMILES string of the molecule is CCCNC(=O)C(C)N(Cc1ccc(C)cc1)C(=O)CSCc1cccc(C)c1. The zero-order valence-corrected chi connectivity index (χ0v) is 18.7. The highest BCUT2D eigenvalue weighted by atomic mass is 32.2. The molecule has 5 heteroatoms. The zero-order valence-electron chi connectivity index (χ0n) is 17.9. The van der Waals surface area contributed by atoms with Crippen LogP contribution in [0.3, 0.4) is 0 Å². The maximum absolute atomic E-state index is 13.0. The van der Waals surface area contributed by atoms with E-state index in [1.165, 1.54) is 16.7 Å². The van der Waals surface area contributed by atoms with Crippen LogP contribution >= 0.6 is 11.8 Å². The van der Waals surface area contributed by atoms with Gasteiger partial charge in [-0.25, -0.2) is 0 Å². The minimum absolute atomic E-state index is 0.0117. The van der Waals surface area contributed by atoms with Crippen LogP contribution in [0.1, 0.15) is 42.5 Å². The van der Waals surface area contributed by atoms with E-state index in [4.69, 9.17) is 0 Å². The number of nitrogens with zero attached hydrogens (tertiary/aromatic N) is 1. The summed E-state index contributed by atoms with van der Waals surface area (Å²) in [6.07, 6.45) is 0.872. The molecule has 2 rings (SSSR count). The molecule has 0 aliphatic heterocycles. The zero-order chi connectivity index (χ0) is 21.2. The van der Waals surface area contributed by atoms with Gasteiger partial charge < -0.3 is 10.2 Å². The van der Waals surface area contributed by atoms with Gasteiger partial charge >= 0.3 is 0 Å². The van der Waals surface area contributed by atoms with Crippen molar-refractivity contribution in [2.75, 3.05) is 12.3 Å². The summed E-state index contributed by atoms with van der Waals surface area (Å²) in [7, 11) is 0. The van der Waals surface area contributed by atoms with Crippen molar-refractivity contribution in [3.05, 3.63) is 70.8 Å². The summed E-state index contributed by atoms with van der Waals surface area (Å²) in [6.45, 7) is 8.99. The van der Waals surface area contributed by atoms with Gasteiger partial charge in [-0.1, -0.05) is 66.6 Å². The highest BCUT2D eigenvalue weighted by molar-refractivity contribution is 7.99. The maximum atomic E-state index is 13.0. The van der Waals surface area contributed by atoms with E-state index in [-0.39, 0.29) is 11.8 Å². The van der Waals surface area contributed by atoms with E-state index in [9.17, 15) is 9.59 Å². The highest BCUT2D eigenvalue weighted by Crippen LogP contribution is 2.17. The summed E-state index contributed by atoms with van der Waals surface area (Å²) in [6, 6.07) is 15.9. The summed E-state index contributed by atoms with van der Waals surface area (Å²) in [4.78, 5) is 27.2. The Hall–Kier alpha value is -2.27. The van der Waals surface area contributed by atoms with Crippen molar-refractivity contribution in [3.8, 4) is 0 Å². The molecule has 0 aliphatic rings. The van der Waals surface area contributed by atoms with Gasteiger partial charge in [0.25, 0.3) is 0 Å². The van der Waals surface area contributed by atoms with Gasteiger partial charge in [0, 0.05) is 18.8 Å². The van der Waals surface area contributed by atoms with Crippen LogP contribution in [-0.2, 0) is 21.9 Å². The number of hydrogen-bond acceptors (Lipinski definition) is 3. The van der Waals surface area contributed by atoms with Gasteiger partial charge in [-0.15, -0.1) is 11.8 Å². The second-order valence-corrected chi connectivity index (χ2v) is 8.44. The van der Waals surface area contributed by atoms with Gasteiger partial charge in [-0.3, -0.25) is 9.59 Å². The van der Waals surface area contributed by atoms with E-state index in [1.807, 2.05) is 51.1 Å². The monoisotopic (exact) mass is 412 g/mol. The summed E-state index contributed by atoms with van der Waals surface area (Å²) in [5, 5.41) is 2.91. The number of amides is 2. The summed E-state index contributed by atoms with van der Waals surface area (Å²) in [5.41, 5.74) is 4.63. The number of carbonyl (C=O) groups is 2. The Balaban J connectivity index is 2.04. The molecule has 0 aliphatic carbocycles. The van der Waals surface area contributed by atoms with Gasteiger partial charge in [-0.2, -0.15) is 0 Å². The standard InChI is InChI=1S/C24H32N2O2S/c1-5-13-25-24(28)20(4)26(15-21-11-9-18(2)10-12-21)23(27)17-29-16-22-8-6-7-19(3)14-22/h6-12,14,20H,5,13,15-17H2,1-4H3,(H,25,28). The van der Waals surface area contributed by atoms with Crippen LogP contribution in [0.4, 0.5) is 0 Å². The van der Waals surface area contributed by atoms with Crippen molar-refractivity contribution in [2.24, 2.45) is 0 Å². The molecule has 0 fully saturated rings. The van der Waals surface area contributed by atoms with Crippen LogP contribution in [0.15, 0.2) is 48.5 Å². The Morgan fingerprint density at radius 1 is 1.03 bits per heavy atom. The maximum Gasteiger partial charge on any atom is 0.242 e. The number of benzene rings is 2. The number of nitrogens with one attached hydrogen (secondary N) is 1. The third-order valence-corrected chi connectivity index (χ3v) is 5.76. The van der Waals surface area contributed by atoms with Crippen molar-refractivity contribution in [1.29, 1.82) is 0 Å². The van der Waals surface area contributed by atoms with Crippen LogP contribution < -0.4 is 5.32 Å². The lowest BCUT2D eigenvalue weighted by atomic mass is 10.1. The summed E-state index contributed by atoms with van der Waals surface area (Å²) in [5.74, 6) is 1.02. The predicted molar refractivity (Wildman–Crippen MR) is 122 cm³/mol. The van der Waals surface area contributed by atoms with Crippen LogP contribution in [0, 0.1) is 13.8 Å². The molecule has 0 saturated heterocycles. The van der Waals surface area contributed by atoms with Crippen LogP contribution in [-0.4, -0.2) is 35.1 Å². The van der Waals surface area contributed by atoms with E-state index >= 15 is 0 Å². The van der Waals surface area contributed by atoms with Crippen molar-refractivity contribution < 1.29 is 9.59 Å². The Kier molecular flexibility index (Phi) is 9.26. The molecule has 0 heterocycles. The topological polar surface area (TPSA) is 49.4 Å². The fraction of sp³-hybridized carbons (Fsp3) is 0.417. The lowest BCUT2D eigenvalue weighted by Gasteiger charge is -2.28. The van der Waals surface area contributed by atoms with Crippen LogP contribution in [0.25, 0.3) is 0 Å². The van der Waals surface area contributed by atoms with Crippen molar-refractivity contribution in [2.45, 2.75) is 52.5 Å². The number of rotatable bonds is 10. The van der Waals surface area contributed by atoms with E-state index < -0.39 is 6.04 Å². The second kappa shape index (κ2) is 11.7. The fourth-order valence-corrected chi connectivity index (χ4v) is 3.87. The average molecular weight is 413 g/mol. The molecule has 1 atom stereocenters. The third-order valence-electron chi connectivity index (χ3n) is 4.77. The Morgan fingerprint density at radius 2 is 1.76 bits per heavy atom. The van der Waals surface area contributed by atoms with E-state index in [0.29, 0.717) is 18.8 Å². The molecule has 29 heavy (non-hydrogen) atoms. The molecule has 0 bridgehead atoms. The Morgan fingerprint density at radius 3 is 2.41 bits per heavy atom. The molecule has 2 aromatic carbocycles. The Bertz CT molecular complexity index is 805. The summed E-state index contributed by atoms with van der Waals surface area (Å²) < 4.78 is 0. The molecule has 0 aromatic heterocycles. The molecule has 1 unspecified atom stereocenters. The molecule has 156 valence electrons. The minimum Gasteiger partial charge on any atom is -0.354 e. The molecular formula is C24H32N2O2S. The number of thioether (sulfide) groups is 1. The van der Waals surface area contributed by atoms with E-state index in [2.05, 4.69) is 30.4 Å². The first-order valence-corrected chi connectivity index (χ1v) is 11.3. The average Bonchev–Trinajstić information content (AvgIpc) is 2.71. The molecule has 0 spiro atoms. The molecule has 0 radical (unpaired) electrons. The highest BCUT2D eigenvalue weighted by Gasteiger charge is 2.25. The molecular weight excluding hydrogens is 380 g/mol. The number of hydrogen-bond donors (Lipinski definition) is 1. The molecule has 0 saturated carbocycles. The number of carbonyl (C=O) groups excluding carboxylic acids is 2. The smallest absolute Gasteiger partial charge is 0.242 e. The lowest BCUT2D eigenvalue weighted by molar-refractivity contribution is -0.138. The van der Waals surface area contributed by atoms with Gasteiger partial charge in [0.2, 0.25) is 11.8 Å². The van der Waals surface area contributed by atoms with E-state index in [1.54, 1.807) is 16.7 Å². The molecule has 1 N–H and O–H groups in total. The van der Waals surface area contributed by atoms with Gasteiger partial charge in [0.1, 0.15) is 6.04 Å². The van der Waals surface area contributed by atoms with Crippen LogP contribution in [0.5, 0.6) is 0 Å². The minimum atomic E-state index is -0.505. The van der Waals surface area contributed by atoms with Gasteiger partial charge in [0.05, 0.1) is 5.75 Å². The normalized spacial score (nSPS) is 11.7. The first-order chi connectivity index (χ1) is 13.9. The number of aryl methyl sites for hydroxylation is 2.